The molecule has 1 aromatic heterocycles. The summed E-state index contributed by atoms with van der Waals surface area (Å²) in [6.45, 7) is 0.481. The molecule has 1 atom stereocenters. The summed E-state index contributed by atoms with van der Waals surface area (Å²) in [6, 6.07) is 0. The van der Waals surface area contributed by atoms with Crippen LogP contribution in [0.4, 0.5) is 5.95 Å². The van der Waals surface area contributed by atoms with Crippen LogP contribution in [0.15, 0.2) is 0 Å². The van der Waals surface area contributed by atoms with Crippen molar-refractivity contribution in [2.24, 2.45) is 5.92 Å². The minimum atomic E-state index is -0.0690. The molecular formula is C6H9N5O2. The summed E-state index contributed by atoms with van der Waals surface area (Å²) in [6.07, 6.45) is 0.352. The number of H-pyrrole nitrogens is 1. The first-order valence-electron chi connectivity index (χ1n) is 3.96. The lowest BCUT2D eigenvalue weighted by Crippen LogP contribution is -2.26. The van der Waals surface area contributed by atoms with Gasteiger partial charge in [0, 0.05) is 25.5 Å². The number of aliphatic hydroxyl groups excluding tert-OH is 1. The van der Waals surface area contributed by atoms with Crippen molar-refractivity contribution in [1.29, 1.82) is 0 Å². The molecule has 2 rings (SSSR count). The molecule has 2 N–H and O–H groups in total. The molecule has 0 aliphatic carbocycles. The van der Waals surface area contributed by atoms with Crippen LogP contribution in [-0.2, 0) is 4.79 Å². The molecule has 70 valence electrons. The maximum atomic E-state index is 11.3. The minimum Gasteiger partial charge on any atom is -0.396 e. The van der Waals surface area contributed by atoms with Gasteiger partial charge < -0.3 is 5.11 Å². The topological polar surface area (TPSA) is 95.0 Å². The van der Waals surface area contributed by atoms with Crippen LogP contribution in [0.2, 0.25) is 0 Å². The highest BCUT2D eigenvalue weighted by Crippen LogP contribution is 2.20. The Kier molecular flexibility index (Phi) is 1.93. The lowest BCUT2D eigenvalue weighted by molar-refractivity contribution is -0.117. The normalized spacial score (nSPS) is 22.7. The third-order valence-electron chi connectivity index (χ3n) is 2.04. The molecule has 13 heavy (non-hydrogen) atoms. The van der Waals surface area contributed by atoms with Crippen molar-refractivity contribution >= 4 is 11.9 Å². The number of nitrogens with one attached hydrogen (secondary N) is 1. The highest BCUT2D eigenvalue weighted by Gasteiger charge is 2.32. The second kappa shape index (κ2) is 3.09. The molecule has 1 saturated heterocycles. The van der Waals surface area contributed by atoms with Gasteiger partial charge in [-0.05, 0) is 5.21 Å². The lowest BCUT2D eigenvalue weighted by atomic mass is 10.1. The molecule has 7 heteroatoms. The number of aromatic nitrogens is 4. The molecule has 1 unspecified atom stereocenters. The largest absolute Gasteiger partial charge is 0.396 e. The average Bonchev–Trinajstić information content (AvgIpc) is 2.72. The van der Waals surface area contributed by atoms with Crippen molar-refractivity contribution in [1.82, 2.24) is 20.6 Å². The van der Waals surface area contributed by atoms with Gasteiger partial charge in [0.15, 0.2) is 0 Å². The van der Waals surface area contributed by atoms with Gasteiger partial charge in [0.25, 0.3) is 5.95 Å². The zero-order valence-electron chi connectivity index (χ0n) is 6.84. The Morgan fingerprint density at radius 2 is 2.54 bits per heavy atom. The number of tetrazole rings is 1. The third-order valence-corrected chi connectivity index (χ3v) is 2.04. The van der Waals surface area contributed by atoms with Gasteiger partial charge in [-0.15, -0.1) is 5.10 Å². The molecule has 2 heterocycles. The number of rotatable bonds is 2. The Balaban J connectivity index is 2.14. The van der Waals surface area contributed by atoms with E-state index in [1.54, 1.807) is 0 Å². The fourth-order valence-corrected chi connectivity index (χ4v) is 1.37. The van der Waals surface area contributed by atoms with Crippen LogP contribution in [-0.4, -0.2) is 44.8 Å². The number of nitrogens with zero attached hydrogens (tertiary/aromatic N) is 4. The molecule has 1 fully saturated rings. The maximum absolute atomic E-state index is 11.3. The number of aromatic amines is 1. The molecule has 1 aromatic rings. The zero-order valence-corrected chi connectivity index (χ0v) is 6.84. The van der Waals surface area contributed by atoms with Gasteiger partial charge >= 0.3 is 0 Å². The summed E-state index contributed by atoms with van der Waals surface area (Å²) in [5.41, 5.74) is 0. The van der Waals surface area contributed by atoms with Crippen LogP contribution in [0.5, 0.6) is 0 Å². The number of carbonyl (C=O) groups excluding carboxylic acids is 1. The Labute approximate surface area is 73.7 Å². The quantitative estimate of drug-likeness (QED) is 0.584. The highest BCUT2D eigenvalue weighted by molar-refractivity contribution is 5.93. The Morgan fingerprint density at radius 1 is 1.69 bits per heavy atom. The van der Waals surface area contributed by atoms with E-state index in [4.69, 9.17) is 5.11 Å². The van der Waals surface area contributed by atoms with Crippen LogP contribution in [0.1, 0.15) is 6.42 Å². The second-order valence-corrected chi connectivity index (χ2v) is 2.97. The van der Waals surface area contributed by atoms with E-state index in [1.165, 1.54) is 4.90 Å². The van der Waals surface area contributed by atoms with E-state index in [0.717, 1.165) is 0 Å². The molecule has 0 spiro atoms. The fraction of sp³-hybridized carbons (Fsp3) is 0.667. The molecular weight excluding hydrogens is 174 g/mol. The van der Waals surface area contributed by atoms with Crippen molar-refractivity contribution in [2.75, 3.05) is 18.1 Å². The van der Waals surface area contributed by atoms with E-state index in [1.807, 2.05) is 0 Å². The van der Waals surface area contributed by atoms with Gasteiger partial charge in [0.05, 0.1) is 0 Å². The highest BCUT2D eigenvalue weighted by atomic mass is 16.3. The molecule has 0 bridgehead atoms. The summed E-state index contributed by atoms with van der Waals surface area (Å²) in [4.78, 5) is 12.8. The summed E-state index contributed by atoms with van der Waals surface area (Å²) >= 11 is 0. The fourth-order valence-electron chi connectivity index (χ4n) is 1.37. The molecule has 1 amide bonds. The van der Waals surface area contributed by atoms with Crippen molar-refractivity contribution in [3.8, 4) is 0 Å². The van der Waals surface area contributed by atoms with Crippen LogP contribution < -0.4 is 4.90 Å². The van der Waals surface area contributed by atoms with Gasteiger partial charge in [-0.3, -0.25) is 9.69 Å². The van der Waals surface area contributed by atoms with Gasteiger partial charge in [0.1, 0.15) is 0 Å². The summed E-state index contributed by atoms with van der Waals surface area (Å²) in [7, 11) is 0. The van der Waals surface area contributed by atoms with E-state index in [9.17, 15) is 4.79 Å². The van der Waals surface area contributed by atoms with Crippen molar-refractivity contribution in [2.45, 2.75) is 6.42 Å². The number of hydrogen-bond acceptors (Lipinski definition) is 5. The second-order valence-electron chi connectivity index (χ2n) is 2.97. The van der Waals surface area contributed by atoms with Gasteiger partial charge in [-0.2, -0.15) is 5.21 Å². The van der Waals surface area contributed by atoms with Crippen LogP contribution >= 0.6 is 0 Å². The van der Waals surface area contributed by atoms with Crippen LogP contribution in [0.3, 0.4) is 0 Å². The van der Waals surface area contributed by atoms with Crippen molar-refractivity contribution < 1.29 is 9.90 Å². The number of aliphatic hydroxyl groups is 1. The number of amides is 1. The zero-order chi connectivity index (χ0) is 9.26. The van der Waals surface area contributed by atoms with Gasteiger partial charge in [-0.25, -0.2) is 0 Å². The molecule has 1 aliphatic heterocycles. The summed E-state index contributed by atoms with van der Waals surface area (Å²) in [5, 5.41) is 21.9. The summed E-state index contributed by atoms with van der Waals surface area (Å²) < 4.78 is 0. The standard InChI is InChI=1S/C6H9N5O2/c12-3-4-1-5(13)11(2-4)6-7-9-10-8-6/h4,12H,1-3H2,(H,7,8,9,10). The molecule has 1 aliphatic rings. The maximum Gasteiger partial charge on any atom is 0.272 e. The minimum absolute atomic E-state index is 0.00833. The van der Waals surface area contributed by atoms with Crippen molar-refractivity contribution in [3.05, 3.63) is 0 Å². The SMILES string of the molecule is O=C1CC(CO)CN1c1nn[nH]n1. The molecule has 0 radical (unpaired) electrons. The van der Waals surface area contributed by atoms with Crippen LogP contribution in [0, 0.1) is 5.92 Å². The first kappa shape index (κ1) is 8.11. The molecule has 0 saturated carbocycles. The predicted octanol–water partition coefficient (Wildman–Crippen LogP) is -1.46. The first-order valence-corrected chi connectivity index (χ1v) is 3.96. The number of carbonyl (C=O) groups is 1. The monoisotopic (exact) mass is 183 g/mol. The van der Waals surface area contributed by atoms with Gasteiger partial charge in [0.2, 0.25) is 5.91 Å². The third kappa shape index (κ3) is 1.37. The number of anilines is 1. The number of hydrogen-bond donors (Lipinski definition) is 2. The van der Waals surface area contributed by atoms with E-state index >= 15 is 0 Å². The van der Waals surface area contributed by atoms with Gasteiger partial charge in [-0.1, -0.05) is 5.10 Å². The average molecular weight is 183 g/mol. The van der Waals surface area contributed by atoms with E-state index in [2.05, 4.69) is 20.6 Å². The smallest absolute Gasteiger partial charge is 0.272 e. The Hall–Kier alpha value is -1.50. The lowest BCUT2D eigenvalue weighted by Gasteiger charge is -2.09. The van der Waals surface area contributed by atoms with Crippen molar-refractivity contribution in [3.63, 3.8) is 0 Å². The Bertz CT molecular complexity index is 298. The Morgan fingerprint density at radius 3 is 3.08 bits per heavy atom. The van der Waals surface area contributed by atoms with E-state index in [0.29, 0.717) is 13.0 Å². The molecule has 7 nitrogen and oxygen atoms in total. The van der Waals surface area contributed by atoms with Crippen LogP contribution in [0.25, 0.3) is 0 Å². The van der Waals surface area contributed by atoms with E-state index in [-0.39, 0.29) is 24.4 Å². The first-order chi connectivity index (χ1) is 6.31. The predicted molar refractivity (Wildman–Crippen MR) is 41.7 cm³/mol. The van der Waals surface area contributed by atoms with E-state index < -0.39 is 0 Å². The summed E-state index contributed by atoms with van der Waals surface area (Å²) in [5.74, 6) is 0.201. The molecule has 0 aromatic carbocycles.